The van der Waals surface area contributed by atoms with Gasteiger partial charge in [0.15, 0.2) is 0 Å². The Morgan fingerprint density at radius 1 is 1.62 bits per heavy atom. The molecule has 0 aromatic heterocycles. The second kappa shape index (κ2) is 4.58. The zero-order valence-corrected chi connectivity index (χ0v) is 8.42. The van der Waals surface area contributed by atoms with Gasteiger partial charge in [-0.2, -0.15) is 0 Å². The second-order valence-corrected chi connectivity index (χ2v) is 3.92. The van der Waals surface area contributed by atoms with Gasteiger partial charge in [0.05, 0.1) is 6.54 Å². The van der Waals surface area contributed by atoms with Gasteiger partial charge in [0.2, 0.25) is 5.91 Å². The van der Waals surface area contributed by atoms with Crippen LogP contribution in [0.2, 0.25) is 0 Å². The van der Waals surface area contributed by atoms with Crippen LogP contribution < -0.4 is 11.1 Å². The average Bonchev–Trinajstić information content (AvgIpc) is 2.04. The zero-order valence-electron chi connectivity index (χ0n) is 8.42. The minimum atomic E-state index is -0.249. The Balaban J connectivity index is 2.31. The molecule has 0 aliphatic carbocycles. The molecule has 0 spiro atoms. The first kappa shape index (κ1) is 10.5. The van der Waals surface area contributed by atoms with Gasteiger partial charge in [-0.15, -0.1) is 0 Å². The number of hydrogen-bond acceptors (Lipinski definition) is 3. The number of nitrogens with two attached hydrogens (primary N) is 1. The summed E-state index contributed by atoms with van der Waals surface area (Å²) in [6.07, 6.45) is 2.33. The van der Waals surface area contributed by atoms with Crippen LogP contribution in [0.1, 0.15) is 19.8 Å². The number of rotatable bonds is 3. The Kier molecular flexibility index (Phi) is 3.69. The van der Waals surface area contributed by atoms with E-state index in [1.54, 1.807) is 0 Å². The van der Waals surface area contributed by atoms with Crippen molar-refractivity contribution in [1.29, 1.82) is 0 Å². The Morgan fingerprint density at radius 3 is 2.77 bits per heavy atom. The first-order valence-electron chi connectivity index (χ1n) is 4.81. The Bertz CT molecular complexity index is 176. The molecule has 1 saturated heterocycles. The molecule has 0 radical (unpaired) electrons. The van der Waals surface area contributed by atoms with Gasteiger partial charge in [0.25, 0.3) is 0 Å². The quantitative estimate of drug-likeness (QED) is 0.626. The summed E-state index contributed by atoms with van der Waals surface area (Å²) in [5.74, 6) is -0.249. The smallest absolute Gasteiger partial charge is 0.231 e. The van der Waals surface area contributed by atoms with Crippen LogP contribution in [0.25, 0.3) is 0 Å². The largest absolute Gasteiger partial charge is 0.369 e. The van der Waals surface area contributed by atoms with Gasteiger partial charge < -0.3 is 11.1 Å². The van der Waals surface area contributed by atoms with Gasteiger partial charge >= 0.3 is 0 Å². The molecule has 0 bridgehead atoms. The summed E-state index contributed by atoms with van der Waals surface area (Å²) in [6, 6.07) is 1.07. The fourth-order valence-electron chi connectivity index (χ4n) is 1.73. The van der Waals surface area contributed by atoms with Gasteiger partial charge in [-0.05, 0) is 26.8 Å². The van der Waals surface area contributed by atoms with E-state index in [-0.39, 0.29) is 5.91 Å². The van der Waals surface area contributed by atoms with E-state index in [2.05, 4.69) is 12.2 Å². The van der Waals surface area contributed by atoms with Crippen molar-refractivity contribution in [3.63, 3.8) is 0 Å². The average molecular weight is 185 g/mol. The van der Waals surface area contributed by atoms with Crippen LogP contribution in [0, 0.1) is 0 Å². The molecule has 76 valence electrons. The van der Waals surface area contributed by atoms with Crippen LogP contribution in [0.15, 0.2) is 0 Å². The van der Waals surface area contributed by atoms with Gasteiger partial charge in [0, 0.05) is 18.6 Å². The molecule has 2 unspecified atom stereocenters. The van der Waals surface area contributed by atoms with Crippen molar-refractivity contribution in [2.24, 2.45) is 5.73 Å². The number of piperidine rings is 1. The first-order chi connectivity index (χ1) is 6.09. The Hall–Kier alpha value is -0.610. The van der Waals surface area contributed by atoms with E-state index in [4.69, 9.17) is 5.73 Å². The predicted octanol–water partition coefficient (Wildman–Crippen LogP) is -0.456. The number of nitrogens with one attached hydrogen (secondary N) is 1. The zero-order chi connectivity index (χ0) is 9.84. The summed E-state index contributed by atoms with van der Waals surface area (Å²) in [7, 11) is 1.95. The van der Waals surface area contributed by atoms with Gasteiger partial charge in [-0.25, -0.2) is 0 Å². The van der Waals surface area contributed by atoms with Gasteiger partial charge in [-0.3, -0.25) is 9.69 Å². The predicted molar refractivity (Wildman–Crippen MR) is 52.3 cm³/mol. The minimum Gasteiger partial charge on any atom is -0.369 e. The van der Waals surface area contributed by atoms with Crippen LogP contribution in [-0.4, -0.2) is 43.0 Å². The highest BCUT2D eigenvalue weighted by Crippen LogP contribution is 2.11. The van der Waals surface area contributed by atoms with Crippen molar-refractivity contribution >= 4 is 5.91 Å². The summed E-state index contributed by atoms with van der Waals surface area (Å²) in [5, 5.41) is 3.39. The van der Waals surface area contributed by atoms with E-state index < -0.39 is 0 Å². The molecule has 4 nitrogen and oxygen atoms in total. The van der Waals surface area contributed by atoms with E-state index in [0.717, 1.165) is 13.0 Å². The summed E-state index contributed by atoms with van der Waals surface area (Å²) < 4.78 is 0. The van der Waals surface area contributed by atoms with Crippen LogP contribution in [0.4, 0.5) is 0 Å². The second-order valence-electron chi connectivity index (χ2n) is 3.92. The highest BCUT2D eigenvalue weighted by atomic mass is 16.1. The standard InChI is InChI=1S/C9H19N3O/c1-7-3-4-8(5-11-7)12(2)6-9(10)13/h7-8,11H,3-6H2,1-2H3,(H2,10,13). The monoisotopic (exact) mass is 185 g/mol. The Morgan fingerprint density at radius 2 is 2.31 bits per heavy atom. The molecule has 4 heteroatoms. The molecule has 2 atom stereocenters. The lowest BCUT2D eigenvalue weighted by Crippen LogP contribution is -2.49. The van der Waals surface area contributed by atoms with E-state index in [9.17, 15) is 4.79 Å². The minimum absolute atomic E-state index is 0.249. The molecule has 1 aliphatic rings. The van der Waals surface area contributed by atoms with Gasteiger partial charge in [-0.1, -0.05) is 0 Å². The van der Waals surface area contributed by atoms with Crippen molar-refractivity contribution in [2.75, 3.05) is 20.1 Å². The molecule has 1 aliphatic heterocycles. The Labute approximate surface area is 79.5 Å². The topological polar surface area (TPSA) is 58.4 Å². The molecular formula is C9H19N3O. The molecule has 1 amide bonds. The van der Waals surface area contributed by atoms with Crippen LogP contribution in [0.3, 0.4) is 0 Å². The summed E-state index contributed by atoms with van der Waals surface area (Å²) in [5.41, 5.74) is 5.13. The van der Waals surface area contributed by atoms with Crippen LogP contribution in [0.5, 0.6) is 0 Å². The third-order valence-corrected chi connectivity index (χ3v) is 2.66. The lowest BCUT2D eigenvalue weighted by molar-refractivity contribution is -0.119. The van der Waals surface area contributed by atoms with E-state index in [1.807, 2.05) is 11.9 Å². The van der Waals surface area contributed by atoms with E-state index in [0.29, 0.717) is 18.6 Å². The molecule has 0 aromatic rings. The van der Waals surface area contributed by atoms with Gasteiger partial charge in [0.1, 0.15) is 0 Å². The fourth-order valence-corrected chi connectivity index (χ4v) is 1.73. The van der Waals surface area contributed by atoms with Crippen molar-refractivity contribution in [3.8, 4) is 0 Å². The lowest BCUT2D eigenvalue weighted by Gasteiger charge is -2.33. The normalized spacial score (nSPS) is 29.2. The third-order valence-electron chi connectivity index (χ3n) is 2.66. The molecule has 1 heterocycles. The summed E-state index contributed by atoms with van der Waals surface area (Å²) in [4.78, 5) is 12.7. The van der Waals surface area contributed by atoms with E-state index in [1.165, 1.54) is 6.42 Å². The van der Waals surface area contributed by atoms with Crippen molar-refractivity contribution in [2.45, 2.75) is 31.8 Å². The van der Waals surface area contributed by atoms with Crippen LogP contribution >= 0.6 is 0 Å². The number of carbonyl (C=O) groups excluding carboxylic acids is 1. The number of nitrogens with zero attached hydrogens (tertiary/aromatic N) is 1. The molecule has 1 fully saturated rings. The van der Waals surface area contributed by atoms with Crippen molar-refractivity contribution in [3.05, 3.63) is 0 Å². The van der Waals surface area contributed by atoms with E-state index >= 15 is 0 Å². The third kappa shape index (κ3) is 3.32. The number of amides is 1. The maximum absolute atomic E-state index is 10.7. The lowest BCUT2D eigenvalue weighted by atomic mass is 10.0. The first-order valence-corrected chi connectivity index (χ1v) is 4.81. The maximum Gasteiger partial charge on any atom is 0.231 e. The van der Waals surface area contributed by atoms with Crippen molar-refractivity contribution < 1.29 is 4.79 Å². The number of likely N-dealkylation sites (N-methyl/N-ethyl adjacent to an activating group) is 1. The highest BCUT2D eigenvalue weighted by molar-refractivity contribution is 5.75. The molecule has 13 heavy (non-hydrogen) atoms. The fraction of sp³-hybridized carbons (Fsp3) is 0.889. The summed E-state index contributed by atoms with van der Waals surface area (Å²) in [6.45, 7) is 3.51. The molecule has 0 aromatic carbocycles. The highest BCUT2D eigenvalue weighted by Gasteiger charge is 2.21. The number of primary amides is 1. The molecule has 3 N–H and O–H groups in total. The van der Waals surface area contributed by atoms with Crippen LogP contribution in [-0.2, 0) is 4.79 Å². The number of hydrogen-bond donors (Lipinski definition) is 2. The van der Waals surface area contributed by atoms with Crippen molar-refractivity contribution in [1.82, 2.24) is 10.2 Å². The molecule has 1 rings (SSSR count). The molecular weight excluding hydrogens is 166 g/mol. The maximum atomic E-state index is 10.7. The SMILES string of the molecule is CC1CCC(N(C)CC(N)=O)CN1. The molecule has 0 saturated carbocycles. The summed E-state index contributed by atoms with van der Waals surface area (Å²) >= 11 is 0. The number of carbonyl (C=O) groups is 1.